The van der Waals surface area contributed by atoms with Gasteiger partial charge in [0.15, 0.2) is 5.69 Å². The molecule has 62 valence electrons. The smallest absolute Gasteiger partial charge is 0.274 e. The molecule has 0 bridgehead atoms. The largest absolute Gasteiger partial charge is 0.335 e. The minimum absolute atomic E-state index is 0.178. The van der Waals surface area contributed by atoms with E-state index in [4.69, 9.17) is 5.26 Å². The zero-order valence-electron chi connectivity index (χ0n) is 6.40. The molecule has 1 atom stereocenters. The molecule has 6 heteroatoms. The van der Waals surface area contributed by atoms with Crippen molar-refractivity contribution in [2.75, 3.05) is 0 Å². The lowest BCUT2D eigenvalue weighted by Gasteiger charge is -2.01. The number of nitrogens with zero attached hydrogens (tertiary/aromatic N) is 3. The van der Waals surface area contributed by atoms with Gasteiger partial charge in [-0.15, -0.1) is 0 Å². The van der Waals surface area contributed by atoms with Gasteiger partial charge in [0.2, 0.25) is 0 Å². The number of rotatable bonds is 2. The number of H-pyrrole nitrogens is 1. The number of amides is 1. The third kappa shape index (κ3) is 1.79. The molecule has 1 amide bonds. The highest BCUT2D eigenvalue weighted by Crippen LogP contribution is 1.89. The Hall–Kier alpha value is -1.90. The van der Waals surface area contributed by atoms with E-state index in [1.165, 1.54) is 6.20 Å². The van der Waals surface area contributed by atoms with Gasteiger partial charge in [0.25, 0.3) is 5.91 Å². The summed E-state index contributed by atoms with van der Waals surface area (Å²) >= 11 is 0. The highest BCUT2D eigenvalue weighted by molar-refractivity contribution is 5.92. The van der Waals surface area contributed by atoms with Crippen LogP contribution in [0.2, 0.25) is 0 Å². The fourth-order valence-electron chi connectivity index (χ4n) is 0.614. The average Bonchev–Trinajstić information content (AvgIpc) is 2.56. The predicted molar refractivity (Wildman–Crippen MR) is 38.9 cm³/mol. The standard InChI is InChI=1S/C6H7N5O/c1-4(2-7)9-6(12)5-3-8-11-10-5/h3-4H,1H3,(H,9,12)(H,8,10,11). The molecule has 0 aromatic carbocycles. The van der Waals surface area contributed by atoms with Gasteiger partial charge >= 0.3 is 0 Å². The lowest BCUT2D eigenvalue weighted by atomic mass is 10.3. The molecule has 1 heterocycles. The van der Waals surface area contributed by atoms with E-state index in [0.29, 0.717) is 0 Å². The van der Waals surface area contributed by atoms with E-state index in [1.54, 1.807) is 6.92 Å². The first-order valence-electron chi connectivity index (χ1n) is 3.30. The van der Waals surface area contributed by atoms with Crippen LogP contribution in [-0.4, -0.2) is 27.4 Å². The summed E-state index contributed by atoms with van der Waals surface area (Å²) in [4.78, 5) is 11.1. The molecule has 0 fully saturated rings. The molecule has 0 aliphatic carbocycles. The Balaban J connectivity index is 2.57. The van der Waals surface area contributed by atoms with Gasteiger partial charge in [0, 0.05) is 0 Å². The highest BCUT2D eigenvalue weighted by Gasteiger charge is 2.10. The van der Waals surface area contributed by atoms with E-state index in [9.17, 15) is 4.79 Å². The summed E-state index contributed by atoms with van der Waals surface area (Å²) < 4.78 is 0. The lowest BCUT2D eigenvalue weighted by molar-refractivity contribution is 0.0943. The van der Waals surface area contributed by atoms with Gasteiger partial charge in [-0.3, -0.25) is 4.79 Å². The first kappa shape index (κ1) is 8.20. The van der Waals surface area contributed by atoms with Crippen molar-refractivity contribution < 1.29 is 4.79 Å². The van der Waals surface area contributed by atoms with Crippen molar-refractivity contribution in [3.63, 3.8) is 0 Å². The summed E-state index contributed by atoms with van der Waals surface area (Å²) in [6, 6.07) is 1.35. The molecule has 6 nitrogen and oxygen atoms in total. The van der Waals surface area contributed by atoms with E-state index >= 15 is 0 Å². The number of nitrogens with one attached hydrogen (secondary N) is 2. The Morgan fingerprint density at radius 3 is 3.17 bits per heavy atom. The van der Waals surface area contributed by atoms with Gasteiger partial charge < -0.3 is 5.32 Å². The number of nitriles is 1. The molecule has 1 aromatic rings. The molecule has 0 aliphatic rings. The molecule has 1 unspecified atom stereocenters. The zero-order valence-corrected chi connectivity index (χ0v) is 6.40. The van der Waals surface area contributed by atoms with E-state index in [-0.39, 0.29) is 5.69 Å². The van der Waals surface area contributed by atoms with E-state index in [2.05, 4.69) is 20.7 Å². The number of hydrogen-bond acceptors (Lipinski definition) is 4. The van der Waals surface area contributed by atoms with Crippen molar-refractivity contribution in [2.24, 2.45) is 0 Å². The normalized spacial score (nSPS) is 11.7. The summed E-state index contributed by atoms with van der Waals surface area (Å²) in [5.74, 6) is -0.405. The molecule has 0 saturated carbocycles. The van der Waals surface area contributed by atoms with Crippen LogP contribution in [0.4, 0.5) is 0 Å². The fourth-order valence-corrected chi connectivity index (χ4v) is 0.614. The van der Waals surface area contributed by atoms with Crippen LogP contribution in [0.25, 0.3) is 0 Å². The summed E-state index contributed by atoms with van der Waals surface area (Å²) in [7, 11) is 0. The summed E-state index contributed by atoms with van der Waals surface area (Å²) in [5, 5.41) is 20.1. The maximum atomic E-state index is 11.1. The molecule has 0 spiro atoms. The van der Waals surface area contributed by atoms with Crippen molar-refractivity contribution in [3.05, 3.63) is 11.9 Å². The number of aromatic amines is 1. The van der Waals surface area contributed by atoms with Crippen LogP contribution in [0.3, 0.4) is 0 Å². The third-order valence-corrected chi connectivity index (χ3v) is 1.19. The number of carbonyl (C=O) groups is 1. The second-order valence-electron chi connectivity index (χ2n) is 2.18. The van der Waals surface area contributed by atoms with Crippen LogP contribution in [0.1, 0.15) is 17.4 Å². The second-order valence-corrected chi connectivity index (χ2v) is 2.18. The quantitative estimate of drug-likeness (QED) is 0.614. The molecule has 2 N–H and O–H groups in total. The SMILES string of the molecule is CC(C#N)NC(=O)c1cn[nH]n1. The molecule has 0 aliphatic heterocycles. The van der Waals surface area contributed by atoms with Crippen molar-refractivity contribution >= 4 is 5.91 Å². The minimum atomic E-state index is -0.519. The number of aromatic nitrogens is 3. The molecule has 0 saturated heterocycles. The summed E-state index contributed by atoms with van der Waals surface area (Å²) in [6.45, 7) is 1.58. The van der Waals surface area contributed by atoms with Gasteiger partial charge in [0.1, 0.15) is 6.04 Å². The van der Waals surface area contributed by atoms with Crippen molar-refractivity contribution in [3.8, 4) is 6.07 Å². The maximum absolute atomic E-state index is 11.1. The highest BCUT2D eigenvalue weighted by atomic mass is 16.2. The van der Waals surface area contributed by atoms with Crippen LogP contribution in [0.15, 0.2) is 6.20 Å². The maximum Gasteiger partial charge on any atom is 0.274 e. The zero-order chi connectivity index (χ0) is 8.97. The van der Waals surface area contributed by atoms with E-state index in [1.807, 2.05) is 6.07 Å². The number of hydrogen-bond donors (Lipinski definition) is 2. The molecular formula is C6H7N5O. The Morgan fingerprint density at radius 2 is 2.67 bits per heavy atom. The summed E-state index contributed by atoms with van der Waals surface area (Å²) in [6.07, 6.45) is 1.29. The van der Waals surface area contributed by atoms with E-state index < -0.39 is 11.9 Å². The fraction of sp³-hybridized carbons (Fsp3) is 0.333. The van der Waals surface area contributed by atoms with Gasteiger partial charge in [-0.1, -0.05) is 0 Å². The Kier molecular flexibility index (Phi) is 2.38. The second kappa shape index (κ2) is 3.48. The van der Waals surface area contributed by atoms with Crippen LogP contribution in [-0.2, 0) is 0 Å². The number of carbonyl (C=O) groups excluding carboxylic acids is 1. The van der Waals surface area contributed by atoms with Crippen molar-refractivity contribution in [2.45, 2.75) is 13.0 Å². The predicted octanol–water partition coefficient (Wildman–Crippen LogP) is -0.553. The molecule has 1 aromatic heterocycles. The Labute approximate surface area is 68.6 Å². The molecular weight excluding hydrogens is 158 g/mol. The lowest BCUT2D eigenvalue weighted by Crippen LogP contribution is -2.31. The minimum Gasteiger partial charge on any atom is -0.335 e. The van der Waals surface area contributed by atoms with Crippen LogP contribution < -0.4 is 5.32 Å². The van der Waals surface area contributed by atoms with Gasteiger partial charge in [0.05, 0.1) is 12.3 Å². The molecule has 1 rings (SSSR count). The molecule has 12 heavy (non-hydrogen) atoms. The summed E-state index contributed by atoms with van der Waals surface area (Å²) in [5.41, 5.74) is 0.178. The first-order chi connectivity index (χ1) is 5.74. The van der Waals surface area contributed by atoms with Crippen LogP contribution >= 0.6 is 0 Å². The Morgan fingerprint density at radius 1 is 1.92 bits per heavy atom. The van der Waals surface area contributed by atoms with Gasteiger partial charge in [-0.2, -0.15) is 20.7 Å². The van der Waals surface area contributed by atoms with Gasteiger partial charge in [-0.05, 0) is 6.92 Å². The third-order valence-electron chi connectivity index (χ3n) is 1.19. The van der Waals surface area contributed by atoms with Crippen molar-refractivity contribution in [1.82, 2.24) is 20.7 Å². The topological polar surface area (TPSA) is 94.5 Å². The van der Waals surface area contributed by atoms with E-state index in [0.717, 1.165) is 0 Å². The Bertz CT molecular complexity index is 298. The monoisotopic (exact) mass is 165 g/mol. The first-order valence-corrected chi connectivity index (χ1v) is 3.30. The molecule has 0 radical (unpaired) electrons. The van der Waals surface area contributed by atoms with Crippen LogP contribution in [0.5, 0.6) is 0 Å². The van der Waals surface area contributed by atoms with Gasteiger partial charge in [-0.25, -0.2) is 0 Å². The van der Waals surface area contributed by atoms with Crippen molar-refractivity contribution in [1.29, 1.82) is 5.26 Å². The average molecular weight is 165 g/mol. The van der Waals surface area contributed by atoms with Crippen LogP contribution in [0, 0.1) is 11.3 Å².